The van der Waals surface area contributed by atoms with Gasteiger partial charge in [0, 0.05) is 16.6 Å². The molecule has 1 N–H and O–H groups in total. The van der Waals surface area contributed by atoms with Crippen molar-refractivity contribution in [2.75, 3.05) is 23.0 Å². The van der Waals surface area contributed by atoms with Crippen LogP contribution in [0, 0.1) is 11.8 Å². The lowest BCUT2D eigenvalue weighted by Crippen LogP contribution is -2.64. The third-order valence-electron chi connectivity index (χ3n) is 5.05. The van der Waals surface area contributed by atoms with Crippen LogP contribution in [-0.2, 0) is 20.5 Å². The van der Waals surface area contributed by atoms with E-state index in [9.17, 15) is 19.8 Å². The van der Waals surface area contributed by atoms with Crippen LogP contribution in [0.1, 0.15) is 26.7 Å². The highest BCUT2D eigenvalue weighted by Crippen LogP contribution is 2.50. The molecule has 23 heavy (non-hydrogen) atoms. The molecule has 1 amide bonds. The number of hydrogen-bond donors (Lipinski definition) is 1. The Balaban J connectivity index is 1.72. The minimum absolute atomic E-state index is 0.0443. The number of hydrogen-bond acceptors (Lipinski definition) is 5. The Bertz CT molecular complexity index is 542. The van der Waals surface area contributed by atoms with Gasteiger partial charge in [-0.15, -0.1) is 11.8 Å². The number of amides is 1. The first-order valence-electron chi connectivity index (χ1n) is 8.17. The molecule has 2 saturated heterocycles. The first-order chi connectivity index (χ1) is 10.9. The molecule has 3 heterocycles. The van der Waals surface area contributed by atoms with Gasteiger partial charge < -0.3 is 19.9 Å². The summed E-state index contributed by atoms with van der Waals surface area (Å²) in [5, 5.41) is 21.4. The van der Waals surface area contributed by atoms with Crippen LogP contribution in [0.15, 0.2) is 10.6 Å². The molecule has 0 radical (unpaired) electrons. The summed E-state index contributed by atoms with van der Waals surface area (Å²) in [5.74, 6) is 2.53. The highest BCUT2D eigenvalue weighted by Gasteiger charge is 2.58. The van der Waals surface area contributed by atoms with Gasteiger partial charge in [-0.25, -0.2) is 0 Å². The number of fused-ring (bicyclic) bond motifs is 1. The van der Waals surface area contributed by atoms with Crippen molar-refractivity contribution in [3.63, 3.8) is 0 Å². The minimum Gasteiger partial charge on any atom is -0.543 e. The van der Waals surface area contributed by atoms with E-state index in [0.29, 0.717) is 10.9 Å². The Morgan fingerprint density at radius 3 is 2.70 bits per heavy atom. The largest absolute Gasteiger partial charge is 0.543 e. The Morgan fingerprint density at radius 1 is 1.48 bits per heavy atom. The predicted molar refractivity (Wildman–Crippen MR) is 90.7 cm³/mol. The lowest BCUT2D eigenvalue weighted by Gasteiger charge is -2.47. The SMILES string of the molecule is CC1C(SCC[S+]2CCCC2)=C(C(=O)[O-])N2C(=O)C([C@@H](C)O)C12. The molecule has 5 nitrogen and oxygen atoms in total. The monoisotopic (exact) mass is 357 g/mol. The summed E-state index contributed by atoms with van der Waals surface area (Å²) >= 11 is 1.57. The second-order valence-corrected chi connectivity index (χ2v) is 10.1. The van der Waals surface area contributed by atoms with Crippen molar-refractivity contribution < 1.29 is 19.8 Å². The number of carbonyl (C=O) groups is 2. The third-order valence-corrected chi connectivity index (χ3v) is 9.10. The molecular formula is C16H23NO4S2. The third kappa shape index (κ3) is 2.91. The summed E-state index contributed by atoms with van der Waals surface area (Å²) in [5.41, 5.74) is 0.0455. The van der Waals surface area contributed by atoms with Crippen LogP contribution in [0.4, 0.5) is 0 Å². The van der Waals surface area contributed by atoms with Crippen LogP contribution in [0.3, 0.4) is 0 Å². The molecule has 2 fully saturated rings. The maximum atomic E-state index is 12.2. The molecular weight excluding hydrogens is 334 g/mol. The molecule has 0 aliphatic carbocycles. The summed E-state index contributed by atoms with van der Waals surface area (Å²) in [6.07, 6.45) is 1.88. The van der Waals surface area contributed by atoms with Gasteiger partial charge in [0.15, 0.2) is 0 Å². The van der Waals surface area contributed by atoms with Crippen molar-refractivity contribution in [3.05, 3.63) is 10.6 Å². The molecule has 3 unspecified atom stereocenters. The van der Waals surface area contributed by atoms with Crippen molar-refractivity contribution in [2.24, 2.45) is 11.8 Å². The first-order valence-corrected chi connectivity index (χ1v) is 10.9. The maximum absolute atomic E-state index is 12.2. The zero-order valence-corrected chi connectivity index (χ0v) is 15.1. The highest BCUT2D eigenvalue weighted by atomic mass is 32.2. The summed E-state index contributed by atoms with van der Waals surface area (Å²) in [6.45, 7) is 3.55. The average molecular weight is 357 g/mol. The molecule has 0 aromatic rings. The Hall–Kier alpha value is -0.660. The van der Waals surface area contributed by atoms with E-state index in [0.717, 1.165) is 16.4 Å². The fraction of sp³-hybridized carbons (Fsp3) is 0.750. The van der Waals surface area contributed by atoms with Gasteiger partial charge in [0.2, 0.25) is 5.91 Å². The van der Waals surface area contributed by atoms with E-state index in [1.165, 1.54) is 29.2 Å². The summed E-state index contributed by atoms with van der Waals surface area (Å²) in [6, 6.07) is -0.230. The molecule has 3 aliphatic heterocycles. The van der Waals surface area contributed by atoms with Gasteiger partial charge in [0.1, 0.15) is 17.3 Å². The number of carboxylic acids is 1. The van der Waals surface area contributed by atoms with Crippen LogP contribution in [0.5, 0.6) is 0 Å². The van der Waals surface area contributed by atoms with Gasteiger partial charge in [0.25, 0.3) is 0 Å². The first kappa shape index (κ1) is 17.2. The fourth-order valence-electron chi connectivity index (χ4n) is 3.89. The van der Waals surface area contributed by atoms with E-state index in [-0.39, 0.29) is 23.6 Å². The molecule has 0 spiro atoms. The number of carbonyl (C=O) groups excluding carboxylic acids is 2. The second-order valence-electron chi connectivity index (χ2n) is 6.53. The maximum Gasteiger partial charge on any atom is 0.235 e. The zero-order valence-electron chi connectivity index (χ0n) is 13.5. The fourth-order valence-corrected chi connectivity index (χ4v) is 7.95. The lowest BCUT2D eigenvalue weighted by molar-refractivity contribution is -0.301. The molecule has 3 aliphatic rings. The molecule has 3 rings (SSSR count). The standard InChI is InChI=1S/C16H23NO4S2/c1-9-12-11(10(2)18)15(19)17(12)13(16(20)21)14(9)22-5-8-23-6-3-4-7-23/h9-12,18H,3-8H2,1-2H3/t9?,10-,11?,12?/m1/s1. The number of thioether (sulfide) groups is 1. The molecule has 4 atom stereocenters. The van der Waals surface area contributed by atoms with Crippen LogP contribution in [0.2, 0.25) is 0 Å². The van der Waals surface area contributed by atoms with E-state index in [4.69, 9.17) is 0 Å². The van der Waals surface area contributed by atoms with Gasteiger partial charge in [-0.3, -0.25) is 4.79 Å². The smallest absolute Gasteiger partial charge is 0.235 e. The number of carboxylic acid groups (broad SMARTS) is 1. The number of aliphatic carboxylic acids is 1. The number of β-lactam (4-membered cyclic amide) rings is 1. The van der Waals surface area contributed by atoms with Crippen molar-refractivity contribution in [2.45, 2.75) is 38.8 Å². The van der Waals surface area contributed by atoms with E-state index < -0.39 is 18.0 Å². The summed E-state index contributed by atoms with van der Waals surface area (Å²) in [4.78, 5) is 25.9. The molecule has 7 heteroatoms. The highest BCUT2D eigenvalue weighted by molar-refractivity contribution is 8.04. The number of aliphatic hydroxyl groups excluding tert-OH is 1. The quantitative estimate of drug-likeness (QED) is 0.533. The molecule has 128 valence electrons. The number of rotatable bonds is 6. The van der Waals surface area contributed by atoms with Gasteiger partial charge in [0.05, 0.1) is 29.7 Å². The van der Waals surface area contributed by atoms with Crippen LogP contribution < -0.4 is 5.11 Å². The molecule has 0 aromatic heterocycles. The van der Waals surface area contributed by atoms with Crippen molar-refractivity contribution in [1.82, 2.24) is 4.90 Å². The topological polar surface area (TPSA) is 80.7 Å². The van der Waals surface area contributed by atoms with Gasteiger partial charge in [-0.05, 0) is 30.7 Å². The summed E-state index contributed by atoms with van der Waals surface area (Å²) < 4.78 is 0. The summed E-state index contributed by atoms with van der Waals surface area (Å²) in [7, 11) is 0.489. The van der Waals surface area contributed by atoms with Crippen LogP contribution >= 0.6 is 11.8 Å². The van der Waals surface area contributed by atoms with Gasteiger partial charge in [-0.1, -0.05) is 6.92 Å². The number of aliphatic hydroxyl groups is 1. The minimum atomic E-state index is -1.28. The van der Waals surface area contributed by atoms with E-state index >= 15 is 0 Å². The normalized spacial score (nSPS) is 32.2. The Morgan fingerprint density at radius 2 is 2.13 bits per heavy atom. The Labute approximate surface area is 143 Å². The van der Waals surface area contributed by atoms with Gasteiger partial charge >= 0.3 is 0 Å². The van der Waals surface area contributed by atoms with Crippen LogP contribution in [-0.4, -0.2) is 57.0 Å². The molecule has 0 saturated carbocycles. The molecule has 0 aromatic carbocycles. The van der Waals surface area contributed by atoms with E-state index in [2.05, 4.69) is 0 Å². The van der Waals surface area contributed by atoms with Crippen molar-refractivity contribution in [1.29, 1.82) is 0 Å². The van der Waals surface area contributed by atoms with E-state index in [1.54, 1.807) is 18.7 Å². The second kappa shape index (κ2) is 6.69. The molecule has 0 bridgehead atoms. The van der Waals surface area contributed by atoms with E-state index in [1.807, 2.05) is 6.92 Å². The predicted octanol–water partition coefficient (Wildman–Crippen LogP) is -0.0493. The van der Waals surface area contributed by atoms with Gasteiger partial charge in [-0.2, -0.15) is 0 Å². The average Bonchev–Trinajstić information content (AvgIpc) is 3.05. The Kier molecular flexibility index (Phi) is 4.99. The van der Waals surface area contributed by atoms with Crippen LogP contribution in [0.25, 0.3) is 0 Å². The van der Waals surface area contributed by atoms with Crippen molar-refractivity contribution in [3.8, 4) is 0 Å². The lowest BCUT2D eigenvalue weighted by atomic mass is 9.79. The zero-order chi connectivity index (χ0) is 16.7. The number of nitrogens with zero attached hydrogens (tertiary/aromatic N) is 1. The van der Waals surface area contributed by atoms with Crippen molar-refractivity contribution >= 4 is 34.5 Å².